The molecule has 0 unspecified atom stereocenters. The van der Waals surface area contributed by atoms with Crippen LogP contribution >= 0.6 is 0 Å². The van der Waals surface area contributed by atoms with Crippen molar-refractivity contribution in [3.63, 3.8) is 0 Å². The first-order valence-electron chi connectivity index (χ1n) is 7.05. The third-order valence-corrected chi connectivity index (χ3v) is 3.97. The molecule has 1 aliphatic carbocycles. The van der Waals surface area contributed by atoms with Crippen LogP contribution in [0.5, 0.6) is 0 Å². The minimum absolute atomic E-state index is 0.0552. The Labute approximate surface area is 118 Å². The van der Waals surface area contributed by atoms with Crippen molar-refractivity contribution in [3.8, 4) is 0 Å². The Hall–Kier alpha value is -1.94. The van der Waals surface area contributed by atoms with Gasteiger partial charge in [0.05, 0.1) is 5.57 Å². The fourth-order valence-electron chi connectivity index (χ4n) is 2.76. The van der Waals surface area contributed by atoms with Crippen LogP contribution in [0.25, 0.3) is 5.76 Å². The maximum atomic E-state index is 12.2. The number of carbonyl (C=O) groups excluding carboxylic acids is 1. The van der Waals surface area contributed by atoms with Gasteiger partial charge in [-0.05, 0) is 31.8 Å². The first kappa shape index (κ1) is 13.1. The number of hydrogen-bond acceptors (Lipinski definition) is 4. The molecule has 4 heteroatoms. The highest BCUT2D eigenvalue weighted by Gasteiger charge is 2.27. The zero-order chi connectivity index (χ0) is 13.9. The van der Waals surface area contributed by atoms with E-state index in [2.05, 4.69) is 10.3 Å². The van der Waals surface area contributed by atoms with E-state index in [0.29, 0.717) is 22.6 Å². The van der Waals surface area contributed by atoms with Crippen LogP contribution in [0.15, 0.2) is 34.8 Å². The molecule has 1 aromatic rings. The van der Waals surface area contributed by atoms with Gasteiger partial charge in [-0.15, -0.1) is 0 Å². The van der Waals surface area contributed by atoms with Crippen molar-refractivity contribution in [1.29, 1.82) is 0 Å². The number of aliphatic hydroxyl groups is 1. The van der Waals surface area contributed by atoms with Gasteiger partial charge in [-0.25, -0.2) is 0 Å². The Morgan fingerprint density at radius 2 is 1.95 bits per heavy atom. The van der Waals surface area contributed by atoms with Crippen molar-refractivity contribution in [2.75, 3.05) is 19.6 Å². The lowest BCUT2D eigenvalue weighted by Crippen LogP contribution is -2.29. The van der Waals surface area contributed by atoms with Gasteiger partial charge in [0, 0.05) is 23.9 Å². The van der Waals surface area contributed by atoms with Crippen molar-refractivity contribution in [2.45, 2.75) is 12.8 Å². The molecule has 1 fully saturated rings. The van der Waals surface area contributed by atoms with E-state index < -0.39 is 0 Å². The summed E-state index contributed by atoms with van der Waals surface area (Å²) in [5.41, 5.74) is 1.49. The van der Waals surface area contributed by atoms with Gasteiger partial charge in [0.1, 0.15) is 5.76 Å². The summed E-state index contributed by atoms with van der Waals surface area (Å²) in [6, 6.07) is 7.12. The van der Waals surface area contributed by atoms with Crippen LogP contribution in [0.2, 0.25) is 0 Å². The average molecular weight is 270 g/mol. The van der Waals surface area contributed by atoms with Gasteiger partial charge >= 0.3 is 0 Å². The van der Waals surface area contributed by atoms with Crippen molar-refractivity contribution in [3.05, 3.63) is 41.0 Å². The fourth-order valence-corrected chi connectivity index (χ4v) is 2.76. The number of nitrogens with one attached hydrogen (secondary N) is 1. The van der Waals surface area contributed by atoms with Crippen LogP contribution in [-0.4, -0.2) is 36.7 Å². The number of hydrogen-bond donors (Lipinski definition) is 2. The molecule has 1 aromatic carbocycles. The Kier molecular flexibility index (Phi) is 3.65. The lowest BCUT2D eigenvalue weighted by atomic mass is 9.98. The topological polar surface area (TPSA) is 61.7 Å². The highest BCUT2D eigenvalue weighted by molar-refractivity contribution is 6.30. The number of aliphatic imine (C=N–C) groups is 1. The molecular formula is C16H18N2O2. The second-order valence-corrected chi connectivity index (χ2v) is 5.32. The van der Waals surface area contributed by atoms with Crippen LogP contribution in [0.4, 0.5) is 0 Å². The second kappa shape index (κ2) is 5.59. The number of allylic oxidation sites excluding steroid dienone is 1. The number of ketones is 1. The molecule has 1 saturated heterocycles. The van der Waals surface area contributed by atoms with Gasteiger partial charge in [0.25, 0.3) is 0 Å². The zero-order valence-corrected chi connectivity index (χ0v) is 11.3. The molecule has 2 N–H and O–H groups in total. The fraction of sp³-hybridized carbons (Fsp3) is 0.375. The standard InChI is InChI=1S/C16H18N2O2/c19-15-12-3-1-2-4-13(12)16(20)14(15)10-18-9-11-5-7-17-8-6-11/h1-4,10-11,17,19H,5-9H2. The smallest absolute Gasteiger partial charge is 0.199 e. The second-order valence-electron chi connectivity index (χ2n) is 5.32. The van der Waals surface area contributed by atoms with Gasteiger partial charge < -0.3 is 10.4 Å². The van der Waals surface area contributed by atoms with Crippen LogP contribution in [0, 0.1) is 5.92 Å². The van der Waals surface area contributed by atoms with E-state index in [4.69, 9.17) is 0 Å². The molecule has 0 spiro atoms. The first-order chi connectivity index (χ1) is 9.77. The molecule has 3 rings (SSSR count). The number of piperidine rings is 1. The van der Waals surface area contributed by atoms with Crippen LogP contribution in [0.3, 0.4) is 0 Å². The number of rotatable bonds is 3. The summed E-state index contributed by atoms with van der Waals surface area (Å²) in [6.07, 6.45) is 3.78. The predicted octanol–water partition coefficient (Wildman–Crippen LogP) is 2.22. The Morgan fingerprint density at radius 3 is 2.65 bits per heavy atom. The van der Waals surface area contributed by atoms with E-state index in [-0.39, 0.29) is 11.5 Å². The summed E-state index contributed by atoms with van der Waals surface area (Å²) in [4.78, 5) is 16.5. The lowest BCUT2D eigenvalue weighted by Gasteiger charge is -2.20. The number of fused-ring (bicyclic) bond motifs is 1. The van der Waals surface area contributed by atoms with Gasteiger partial charge in [-0.1, -0.05) is 24.3 Å². The summed E-state index contributed by atoms with van der Waals surface area (Å²) < 4.78 is 0. The molecule has 104 valence electrons. The van der Waals surface area contributed by atoms with E-state index in [1.165, 1.54) is 0 Å². The molecule has 0 aromatic heterocycles. The highest BCUT2D eigenvalue weighted by atomic mass is 16.3. The maximum Gasteiger partial charge on any atom is 0.199 e. The third-order valence-electron chi connectivity index (χ3n) is 3.97. The van der Waals surface area contributed by atoms with Gasteiger partial charge in [-0.3, -0.25) is 9.79 Å². The van der Waals surface area contributed by atoms with Crippen LogP contribution < -0.4 is 5.32 Å². The summed E-state index contributed by atoms with van der Waals surface area (Å²) in [5, 5.41) is 13.4. The van der Waals surface area contributed by atoms with Crippen molar-refractivity contribution >= 4 is 17.8 Å². The predicted molar refractivity (Wildman–Crippen MR) is 79.3 cm³/mol. The molecule has 20 heavy (non-hydrogen) atoms. The van der Waals surface area contributed by atoms with Crippen LogP contribution in [0.1, 0.15) is 28.8 Å². The Morgan fingerprint density at radius 1 is 1.25 bits per heavy atom. The molecule has 0 radical (unpaired) electrons. The molecule has 0 atom stereocenters. The monoisotopic (exact) mass is 270 g/mol. The molecular weight excluding hydrogens is 252 g/mol. The van der Waals surface area contributed by atoms with Crippen molar-refractivity contribution in [2.24, 2.45) is 10.9 Å². The number of nitrogens with zero attached hydrogens (tertiary/aromatic N) is 1. The van der Waals surface area contributed by atoms with Gasteiger partial charge in [0.2, 0.25) is 0 Å². The maximum absolute atomic E-state index is 12.2. The molecule has 2 aliphatic rings. The normalized spacial score (nSPS) is 19.9. The number of benzene rings is 1. The molecule has 4 nitrogen and oxygen atoms in total. The van der Waals surface area contributed by atoms with E-state index in [9.17, 15) is 9.90 Å². The SMILES string of the molecule is O=C1C(C=NCC2CCNCC2)=C(O)c2ccccc21. The van der Waals surface area contributed by atoms with Crippen molar-refractivity contribution < 1.29 is 9.90 Å². The lowest BCUT2D eigenvalue weighted by molar-refractivity contribution is 0.104. The Bertz CT molecular complexity index is 584. The Balaban J connectivity index is 1.72. The summed E-state index contributed by atoms with van der Waals surface area (Å²) in [6.45, 7) is 2.80. The van der Waals surface area contributed by atoms with E-state index in [1.54, 1.807) is 24.4 Å². The minimum Gasteiger partial charge on any atom is -0.506 e. The van der Waals surface area contributed by atoms with E-state index in [1.807, 2.05) is 6.07 Å². The van der Waals surface area contributed by atoms with Crippen molar-refractivity contribution in [1.82, 2.24) is 5.32 Å². The summed E-state index contributed by atoms with van der Waals surface area (Å²) in [5.74, 6) is 0.501. The average Bonchev–Trinajstić information content (AvgIpc) is 2.74. The zero-order valence-electron chi connectivity index (χ0n) is 11.3. The number of carbonyl (C=O) groups is 1. The van der Waals surface area contributed by atoms with Crippen LogP contribution in [-0.2, 0) is 0 Å². The summed E-state index contributed by atoms with van der Waals surface area (Å²) >= 11 is 0. The van der Waals surface area contributed by atoms with E-state index >= 15 is 0 Å². The highest BCUT2D eigenvalue weighted by Crippen LogP contribution is 2.29. The van der Waals surface area contributed by atoms with Gasteiger partial charge in [0.15, 0.2) is 5.78 Å². The summed E-state index contributed by atoms with van der Waals surface area (Å²) in [7, 11) is 0. The molecule has 0 bridgehead atoms. The minimum atomic E-state index is -0.132. The molecule has 0 amide bonds. The van der Waals surface area contributed by atoms with E-state index in [0.717, 1.165) is 32.5 Å². The third kappa shape index (κ3) is 2.39. The molecule has 1 aliphatic heterocycles. The van der Waals surface area contributed by atoms with Gasteiger partial charge in [-0.2, -0.15) is 0 Å². The molecule has 0 saturated carbocycles. The largest absolute Gasteiger partial charge is 0.506 e. The quantitative estimate of drug-likeness (QED) is 0.828. The number of Topliss-reactive ketones (excluding diaryl/α,β-unsaturated/α-hetero) is 1. The number of aliphatic hydroxyl groups excluding tert-OH is 1. The first-order valence-corrected chi connectivity index (χ1v) is 7.05. The molecule has 1 heterocycles.